The number of carboxylic acid groups (broad SMARTS) is 2. The van der Waals surface area contributed by atoms with Gasteiger partial charge in [0.1, 0.15) is 5.78 Å². The minimum atomic E-state index is -1.15. The molecule has 340 valence electrons. The van der Waals surface area contributed by atoms with E-state index in [1.165, 1.54) is 5.01 Å². The van der Waals surface area contributed by atoms with Gasteiger partial charge in [-0.3, -0.25) is 34.4 Å². The highest BCUT2D eigenvalue weighted by molar-refractivity contribution is 5.87. The third-order valence-electron chi connectivity index (χ3n) is 11.9. The number of aromatic nitrogens is 4. The zero-order chi connectivity index (χ0) is 46.4. The summed E-state index contributed by atoms with van der Waals surface area (Å²) >= 11 is 0. The normalized spacial score (nSPS) is 16.6. The number of benzene rings is 3. The van der Waals surface area contributed by atoms with Gasteiger partial charge in [-0.1, -0.05) is 136 Å². The molecule has 64 heavy (non-hydrogen) atoms. The number of hydrogen-bond donors (Lipinski definition) is 2. The summed E-state index contributed by atoms with van der Waals surface area (Å²) in [5, 5.41) is 34.2. The lowest BCUT2D eigenvalue weighted by molar-refractivity contribution is -0.757. The van der Waals surface area contributed by atoms with Gasteiger partial charge in [0.25, 0.3) is 0 Å². The standard InChI is InChI=1S/C50H61N6O8/c1-7-9-18-43(57)41(46(33(3)4)47(61)62)32-36-21-25-39(26-22-36)42-17-13-14-29-50(42,6)49-51-53-56(52-49)54-55(44(58)27-28-45(59)60)40(30-34(5)48(63)64-8-2)31-35-19-23-38(24-20-35)37-15-11-10-12-16-37/h10-17,19-26,33-34,40-41,46H,7-9,18,27-32H2,1-6H3,(H2-2,51,52,53,54,58,59,60,61,62)/q-1/t34-,40?,41?,46?,50?/m1/s1. The molecular formula is C50H61N6O8-. The van der Waals surface area contributed by atoms with Gasteiger partial charge in [0, 0.05) is 24.8 Å². The van der Waals surface area contributed by atoms with Crippen LogP contribution in [0.3, 0.4) is 0 Å². The number of carbonyl (C=O) groups excluding carboxylic acids is 3. The lowest BCUT2D eigenvalue weighted by Gasteiger charge is -2.38. The summed E-state index contributed by atoms with van der Waals surface area (Å²) in [5.74, 6) is -5.14. The van der Waals surface area contributed by atoms with Gasteiger partial charge >= 0.3 is 17.9 Å². The Bertz CT molecular complexity index is 2270. The average molecular weight is 874 g/mol. The number of carbonyl (C=O) groups is 5. The number of Topliss-reactive ketones (excluding diaryl/α,β-unsaturated/α-hetero) is 1. The van der Waals surface area contributed by atoms with E-state index in [9.17, 15) is 34.2 Å². The summed E-state index contributed by atoms with van der Waals surface area (Å²) in [6.07, 6.45) is 8.28. The fourth-order valence-electron chi connectivity index (χ4n) is 8.36. The van der Waals surface area contributed by atoms with Crippen molar-refractivity contribution in [3.8, 4) is 11.1 Å². The van der Waals surface area contributed by atoms with Crippen LogP contribution in [0.5, 0.6) is 0 Å². The Morgan fingerprint density at radius 3 is 2.11 bits per heavy atom. The van der Waals surface area contributed by atoms with E-state index in [0.717, 1.165) is 44.7 Å². The van der Waals surface area contributed by atoms with E-state index in [1.54, 1.807) is 13.8 Å². The number of tetrazole rings is 1. The number of unbranched alkanes of at least 4 members (excludes halogenated alkanes) is 1. The molecule has 3 aromatic carbocycles. The molecular weight excluding hydrogens is 813 g/mol. The molecule has 14 nitrogen and oxygen atoms in total. The fraction of sp³-hybridized carbons (Fsp3) is 0.440. The molecule has 1 aliphatic rings. The Balaban J connectivity index is 1.43. The van der Waals surface area contributed by atoms with Crippen LogP contribution < -0.4 is 10.0 Å². The van der Waals surface area contributed by atoms with E-state index < -0.39 is 59.4 Å². The van der Waals surface area contributed by atoms with Crippen LogP contribution in [-0.4, -0.2) is 67.8 Å². The molecule has 0 saturated carbocycles. The summed E-state index contributed by atoms with van der Waals surface area (Å²) in [6, 6.07) is 24.8. The van der Waals surface area contributed by atoms with Gasteiger partial charge in [-0.05, 0) is 85.3 Å². The summed E-state index contributed by atoms with van der Waals surface area (Å²) in [5.41, 5.74) is 9.30. The van der Waals surface area contributed by atoms with Crippen LogP contribution in [-0.2, 0) is 47.0 Å². The van der Waals surface area contributed by atoms with Crippen LogP contribution >= 0.6 is 0 Å². The Labute approximate surface area is 375 Å². The Morgan fingerprint density at radius 2 is 1.50 bits per heavy atom. The van der Waals surface area contributed by atoms with Gasteiger partial charge in [-0.15, -0.1) is 0 Å². The molecule has 0 aliphatic heterocycles. The van der Waals surface area contributed by atoms with Crippen molar-refractivity contribution in [3.63, 3.8) is 0 Å². The van der Waals surface area contributed by atoms with Gasteiger partial charge in [-0.25, -0.2) is 0 Å². The maximum atomic E-state index is 14.0. The van der Waals surface area contributed by atoms with Crippen LogP contribution in [0, 0.1) is 23.7 Å². The van der Waals surface area contributed by atoms with Crippen molar-refractivity contribution in [2.75, 3.05) is 6.61 Å². The minimum Gasteiger partial charge on any atom is -0.481 e. The predicted molar refractivity (Wildman–Crippen MR) is 241 cm³/mol. The second-order valence-corrected chi connectivity index (χ2v) is 17.1. The number of nitrogens with zero attached hydrogens (tertiary/aromatic N) is 6. The molecule has 0 spiro atoms. The average Bonchev–Trinajstić information content (AvgIpc) is 3.76. The lowest BCUT2D eigenvalue weighted by atomic mass is 9.72. The zero-order valence-electron chi connectivity index (χ0n) is 37.7. The number of allylic oxidation sites excluding steroid dienone is 4. The topological polar surface area (TPSA) is 196 Å². The smallest absolute Gasteiger partial charge is 0.308 e. The second kappa shape index (κ2) is 22.8. The van der Waals surface area contributed by atoms with Crippen molar-refractivity contribution >= 4 is 35.2 Å². The highest BCUT2D eigenvalue weighted by Gasteiger charge is 2.37. The Hall–Kier alpha value is -6.44. The van der Waals surface area contributed by atoms with E-state index in [4.69, 9.17) is 4.74 Å². The molecule has 5 atom stereocenters. The molecule has 1 aromatic heterocycles. The number of hydrogen-bond acceptors (Lipinski definition) is 8. The fourth-order valence-corrected chi connectivity index (χ4v) is 8.36. The first kappa shape index (κ1) is 48.6. The lowest BCUT2D eigenvalue weighted by Crippen LogP contribution is -2.51. The van der Waals surface area contributed by atoms with Crippen LogP contribution in [0.4, 0.5) is 0 Å². The van der Waals surface area contributed by atoms with Crippen LogP contribution in [0.1, 0.15) is 109 Å². The number of ether oxygens (including phenoxy) is 1. The Morgan fingerprint density at radius 1 is 0.859 bits per heavy atom. The van der Waals surface area contributed by atoms with Crippen LogP contribution in [0.2, 0.25) is 0 Å². The van der Waals surface area contributed by atoms with Crippen LogP contribution in [0.15, 0.2) is 97.1 Å². The third-order valence-corrected chi connectivity index (χ3v) is 11.9. The molecule has 0 radical (unpaired) electrons. The van der Waals surface area contributed by atoms with Gasteiger partial charge < -0.3 is 25.1 Å². The van der Waals surface area contributed by atoms with Crippen molar-refractivity contribution in [1.29, 1.82) is 0 Å². The molecule has 0 fully saturated rings. The summed E-state index contributed by atoms with van der Waals surface area (Å²) in [6.45, 7) is 11.3. The molecule has 0 bridgehead atoms. The van der Waals surface area contributed by atoms with Crippen molar-refractivity contribution < 1.29 is 43.8 Å². The number of amides is 1. The van der Waals surface area contributed by atoms with E-state index in [0.29, 0.717) is 31.5 Å². The van der Waals surface area contributed by atoms with Gasteiger partial charge in [0.15, 0.2) is 5.82 Å². The zero-order valence-corrected chi connectivity index (χ0v) is 37.7. The van der Waals surface area contributed by atoms with E-state index in [-0.39, 0.29) is 37.6 Å². The number of ketones is 1. The van der Waals surface area contributed by atoms with E-state index in [2.05, 4.69) is 20.9 Å². The van der Waals surface area contributed by atoms with Crippen LogP contribution in [0.25, 0.3) is 22.2 Å². The molecule has 2 N–H and O–H groups in total. The first-order valence-corrected chi connectivity index (χ1v) is 22.2. The largest absolute Gasteiger partial charge is 0.481 e. The van der Waals surface area contributed by atoms with E-state index >= 15 is 0 Å². The predicted octanol–water partition coefficient (Wildman–Crippen LogP) is 7.91. The number of carboxylic acids is 2. The first-order chi connectivity index (χ1) is 30.6. The Kier molecular flexibility index (Phi) is 17.3. The SMILES string of the molecule is CCCCC(=O)C(Cc1ccc(C2=CC=CCC2(C)c2nn[n+]([N-]N(C(=O)CCC(=O)O)C(Cc3ccc(-c4ccccc4)cc3)C[C@@H](C)C(=O)OCC)[n-]2)cc1)C(C(=O)O)C(C)C. The molecule has 0 saturated heterocycles. The highest BCUT2D eigenvalue weighted by atomic mass is 16.5. The number of aliphatic carboxylic acids is 2. The van der Waals surface area contributed by atoms with E-state index in [1.807, 2.05) is 125 Å². The quantitative estimate of drug-likeness (QED) is 0.0394. The molecule has 4 aromatic rings. The van der Waals surface area contributed by atoms with Gasteiger partial charge in [0.2, 0.25) is 5.91 Å². The summed E-state index contributed by atoms with van der Waals surface area (Å²) < 4.78 is 5.32. The maximum Gasteiger partial charge on any atom is 0.308 e. The maximum absolute atomic E-state index is 14.0. The van der Waals surface area contributed by atoms with Crippen molar-refractivity contribution in [3.05, 3.63) is 125 Å². The molecule has 4 unspecified atom stereocenters. The molecule has 1 heterocycles. The molecule has 14 heteroatoms. The minimum absolute atomic E-state index is 0.0289. The number of rotatable bonds is 24. The molecule has 1 amide bonds. The van der Waals surface area contributed by atoms with Crippen molar-refractivity contribution in [2.24, 2.45) is 23.7 Å². The number of esters is 1. The highest BCUT2D eigenvalue weighted by Crippen LogP contribution is 2.42. The van der Waals surface area contributed by atoms with Gasteiger partial charge in [0.05, 0.1) is 30.3 Å². The van der Waals surface area contributed by atoms with Crippen molar-refractivity contribution in [2.45, 2.75) is 111 Å². The van der Waals surface area contributed by atoms with Crippen molar-refractivity contribution in [1.82, 2.24) is 20.4 Å². The summed E-state index contributed by atoms with van der Waals surface area (Å²) in [4.78, 5) is 65.3. The third kappa shape index (κ3) is 12.6. The molecule has 5 rings (SSSR count). The monoisotopic (exact) mass is 873 g/mol. The second-order valence-electron chi connectivity index (χ2n) is 17.1. The summed E-state index contributed by atoms with van der Waals surface area (Å²) in [7, 11) is 0. The van der Waals surface area contributed by atoms with Gasteiger partial charge in [-0.2, -0.15) is 5.21 Å². The molecule has 1 aliphatic carbocycles. The first-order valence-electron chi connectivity index (χ1n) is 22.2.